The molecule has 0 aromatic carbocycles. The summed E-state index contributed by atoms with van der Waals surface area (Å²) >= 11 is 1.90. The number of thioether (sulfide) groups is 1. The molecule has 0 bridgehead atoms. The summed E-state index contributed by atoms with van der Waals surface area (Å²) in [6.45, 7) is 3.21. The van der Waals surface area contributed by atoms with Gasteiger partial charge in [0, 0.05) is 18.4 Å². The summed E-state index contributed by atoms with van der Waals surface area (Å²) in [5, 5.41) is 5.33. The van der Waals surface area contributed by atoms with Crippen molar-refractivity contribution in [1.82, 2.24) is 5.32 Å². The Labute approximate surface area is 89.7 Å². The third-order valence-corrected chi connectivity index (χ3v) is 4.21. The molecule has 4 heteroatoms. The molecule has 0 saturated heterocycles. The van der Waals surface area contributed by atoms with Gasteiger partial charge in [0.1, 0.15) is 0 Å². The molecule has 0 radical (unpaired) electrons. The first-order chi connectivity index (χ1) is 6.81. The minimum Gasteiger partial charge on any atom is -0.381 e. The molecule has 0 aromatic heterocycles. The highest BCUT2D eigenvalue weighted by molar-refractivity contribution is 8.14. The highest BCUT2D eigenvalue weighted by Gasteiger charge is 2.31. The Kier molecular flexibility index (Phi) is 3.34. The van der Waals surface area contributed by atoms with Crippen molar-refractivity contribution in [3.63, 3.8) is 0 Å². The van der Waals surface area contributed by atoms with Crippen molar-refractivity contribution < 1.29 is 4.74 Å². The number of amidine groups is 1. The van der Waals surface area contributed by atoms with Crippen LogP contribution in [0.5, 0.6) is 0 Å². The second kappa shape index (κ2) is 4.53. The van der Waals surface area contributed by atoms with Gasteiger partial charge >= 0.3 is 0 Å². The van der Waals surface area contributed by atoms with E-state index in [9.17, 15) is 0 Å². The molecule has 0 aromatic rings. The van der Waals surface area contributed by atoms with Crippen molar-refractivity contribution in [2.45, 2.75) is 43.6 Å². The van der Waals surface area contributed by atoms with E-state index in [1.807, 2.05) is 11.8 Å². The lowest BCUT2D eigenvalue weighted by atomic mass is 9.89. The van der Waals surface area contributed by atoms with Gasteiger partial charge in [0.05, 0.1) is 12.6 Å². The highest BCUT2D eigenvalue weighted by atomic mass is 32.2. The average molecular weight is 214 g/mol. The molecular weight excluding hydrogens is 196 g/mol. The van der Waals surface area contributed by atoms with Crippen molar-refractivity contribution in [3.8, 4) is 0 Å². The molecule has 1 saturated carbocycles. The van der Waals surface area contributed by atoms with Crippen molar-refractivity contribution in [2.75, 3.05) is 13.7 Å². The highest BCUT2D eigenvalue weighted by Crippen LogP contribution is 2.27. The van der Waals surface area contributed by atoms with E-state index in [2.05, 4.69) is 17.2 Å². The fraction of sp³-hybridized carbons (Fsp3) is 0.900. The van der Waals surface area contributed by atoms with Crippen LogP contribution < -0.4 is 5.32 Å². The molecule has 1 aliphatic heterocycles. The molecule has 1 N–H and O–H groups in total. The number of ether oxygens (including phenoxy) is 1. The zero-order valence-electron chi connectivity index (χ0n) is 8.82. The number of rotatable bonds is 3. The molecule has 14 heavy (non-hydrogen) atoms. The summed E-state index contributed by atoms with van der Waals surface area (Å²) in [5.41, 5.74) is 0. The Morgan fingerprint density at radius 3 is 2.93 bits per heavy atom. The molecule has 80 valence electrons. The zero-order chi connectivity index (χ0) is 9.97. The third-order valence-electron chi connectivity index (χ3n) is 2.93. The van der Waals surface area contributed by atoms with Gasteiger partial charge in [0.15, 0.2) is 5.17 Å². The van der Waals surface area contributed by atoms with Gasteiger partial charge in [-0.05, 0) is 19.3 Å². The fourth-order valence-electron chi connectivity index (χ4n) is 1.76. The van der Waals surface area contributed by atoms with E-state index in [0.717, 1.165) is 24.6 Å². The molecular formula is C10H18N2OS. The molecule has 0 spiro atoms. The quantitative estimate of drug-likeness (QED) is 0.775. The maximum atomic E-state index is 5.24. The van der Waals surface area contributed by atoms with Crippen LogP contribution >= 0.6 is 11.8 Å². The van der Waals surface area contributed by atoms with E-state index in [1.54, 1.807) is 7.11 Å². The van der Waals surface area contributed by atoms with E-state index < -0.39 is 0 Å². The largest absolute Gasteiger partial charge is 0.381 e. The maximum Gasteiger partial charge on any atom is 0.157 e. The molecule has 3 nitrogen and oxygen atoms in total. The summed E-state index contributed by atoms with van der Waals surface area (Å²) in [6.07, 6.45) is 3.95. The lowest BCUT2D eigenvalue weighted by molar-refractivity contribution is 0.0228. The Balaban J connectivity index is 1.68. The van der Waals surface area contributed by atoms with Gasteiger partial charge in [-0.25, -0.2) is 0 Å². The molecule has 1 heterocycles. The van der Waals surface area contributed by atoms with E-state index in [-0.39, 0.29) is 0 Å². The van der Waals surface area contributed by atoms with Crippen molar-refractivity contribution in [2.24, 2.45) is 4.99 Å². The Bertz CT molecular complexity index is 226. The summed E-state index contributed by atoms with van der Waals surface area (Å²) in [5.74, 6) is 0. The number of nitrogens with zero attached hydrogens (tertiary/aromatic N) is 1. The Hall–Kier alpha value is -0.220. The van der Waals surface area contributed by atoms with Gasteiger partial charge in [-0.15, -0.1) is 0 Å². The molecule has 1 unspecified atom stereocenters. The fourth-order valence-corrected chi connectivity index (χ4v) is 2.78. The third kappa shape index (κ3) is 2.23. The topological polar surface area (TPSA) is 33.6 Å². The Morgan fingerprint density at radius 2 is 2.36 bits per heavy atom. The van der Waals surface area contributed by atoms with Crippen LogP contribution in [0.25, 0.3) is 0 Å². The van der Waals surface area contributed by atoms with Crippen LogP contribution in [-0.4, -0.2) is 36.2 Å². The van der Waals surface area contributed by atoms with Crippen molar-refractivity contribution in [1.29, 1.82) is 0 Å². The molecule has 1 aliphatic carbocycles. The van der Waals surface area contributed by atoms with E-state index in [0.29, 0.717) is 17.4 Å². The Morgan fingerprint density at radius 1 is 1.57 bits per heavy atom. The van der Waals surface area contributed by atoms with Crippen LogP contribution in [0.1, 0.15) is 26.2 Å². The number of hydrogen-bond acceptors (Lipinski definition) is 4. The maximum absolute atomic E-state index is 5.24. The smallest absolute Gasteiger partial charge is 0.157 e. The van der Waals surface area contributed by atoms with Crippen LogP contribution in [0.4, 0.5) is 0 Å². The summed E-state index contributed by atoms with van der Waals surface area (Å²) < 4.78 is 5.24. The molecule has 1 fully saturated rings. The average Bonchev–Trinajstić information content (AvgIpc) is 2.58. The number of hydrogen-bond donors (Lipinski definition) is 1. The number of nitrogens with one attached hydrogen (secondary N) is 1. The lowest BCUT2D eigenvalue weighted by Gasteiger charge is -2.35. The molecule has 1 atom stereocenters. The van der Waals surface area contributed by atoms with Crippen LogP contribution in [0.15, 0.2) is 4.99 Å². The van der Waals surface area contributed by atoms with E-state index in [1.165, 1.54) is 6.42 Å². The summed E-state index contributed by atoms with van der Waals surface area (Å²) in [7, 11) is 1.79. The van der Waals surface area contributed by atoms with Crippen LogP contribution in [0.2, 0.25) is 0 Å². The molecule has 0 amide bonds. The van der Waals surface area contributed by atoms with Crippen molar-refractivity contribution in [3.05, 3.63) is 0 Å². The first-order valence-corrected chi connectivity index (χ1v) is 6.20. The van der Waals surface area contributed by atoms with E-state index >= 15 is 0 Å². The summed E-state index contributed by atoms with van der Waals surface area (Å²) in [4.78, 5) is 4.49. The minimum atomic E-state index is 0.474. The van der Waals surface area contributed by atoms with Gasteiger partial charge in [0.2, 0.25) is 0 Å². The van der Waals surface area contributed by atoms with Gasteiger partial charge in [-0.2, -0.15) is 0 Å². The normalized spacial score (nSPS) is 36.4. The van der Waals surface area contributed by atoms with Crippen LogP contribution in [0, 0.1) is 0 Å². The zero-order valence-corrected chi connectivity index (χ0v) is 9.64. The number of methoxy groups -OCH3 is 1. The van der Waals surface area contributed by atoms with Gasteiger partial charge in [-0.1, -0.05) is 18.7 Å². The molecule has 2 aliphatic rings. The van der Waals surface area contributed by atoms with Gasteiger partial charge in [-0.3, -0.25) is 4.99 Å². The predicted molar refractivity (Wildman–Crippen MR) is 60.9 cm³/mol. The first kappa shape index (κ1) is 10.3. The predicted octanol–water partition coefficient (Wildman–Crippen LogP) is 1.63. The molecule has 2 rings (SSSR count). The van der Waals surface area contributed by atoms with Gasteiger partial charge in [0.25, 0.3) is 0 Å². The van der Waals surface area contributed by atoms with Crippen LogP contribution in [0.3, 0.4) is 0 Å². The van der Waals surface area contributed by atoms with Crippen LogP contribution in [-0.2, 0) is 4.74 Å². The SMILES string of the molecule is CCC1CN=C(NC2CC(OC)C2)S1. The lowest BCUT2D eigenvalue weighted by Crippen LogP contribution is -2.46. The number of aliphatic imine (C=N–C) groups is 1. The monoisotopic (exact) mass is 214 g/mol. The second-order valence-electron chi connectivity index (χ2n) is 3.96. The van der Waals surface area contributed by atoms with Crippen molar-refractivity contribution >= 4 is 16.9 Å². The van der Waals surface area contributed by atoms with E-state index in [4.69, 9.17) is 4.74 Å². The second-order valence-corrected chi connectivity index (χ2v) is 5.25. The first-order valence-electron chi connectivity index (χ1n) is 5.32. The van der Waals surface area contributed by atoms with Gasteiger partial charge < -0.3 is 10.1 Å². The minimum absolute atomic E-state index is 0.474. The summed E-state index contributed by atoms with van der Waals surface area (Å²) in [6, 6.07) is 0.599. The standard InChI is InChI=1S/C10H18N2OS/c1-3-9-6-11-10(14-9)12-7-4-8(5-7)13-2/h7-9H,3-6H2,1-2H3,(H,11,12).